The third kappa shape index (κ3) is 2.70. The summed E-state index contributed by atoms with van der Waals surface area (Å²) >= 11 is 0. The first kappa shape index (κ1) is 13.0. The van der Waals surface area contributed by atoms with Crippen molar-refractivity contribution in [3.63, 3.8) is 0 Å². The molecule has 0 radical (unpaired) electrons. The quantitative estimate of drug-likeness (QED) is 0.898. The minimum Gasteiger partial charge on any atom is -0.478 e. The van der Waals surface area contributed by atoms with E-state index in [2.05, 4.69) is 18.7 Å². The number of nitrogens with zero attached hydrogens (tertiary/aromatic N) is 1. The molecule has 2 rings (SSSR count). The Balaban J connectivity index is 2.15. The SMILES string of the molecule is CC1CC(C)N(Cc2ccc(F)c(C(=O)O)c2)C1. The second kappa shape index (κ2) is 5.06. The molecule has 0 saturated carbocycles. The maximum absolute atomic E-state index is 13.3. The van der Waals surface area contributed by atoms with Crippen LogP contribution >= 0.6 is 0 Å². The minimum atomic E-state index is -1.21. The van der Waals surface area contributed by atoms with E-state index in [1.165, 1.54) is 12.1 Å². The summed E-state index contributed by atoms with van der Waals surface area (Å²) in [5.74, 6) is -1.22. The molecule has 1 aliphatic rings. The van der Waals surface area contributed by atoms with Gasteiger partial charge in [0.2, 0.25) is 0 Å². The molecule has 1 heterocycles. The zero-order chi connectivity index (χ0) is 13.3. The fourth-order valence-electron chi connectivity index (χ4n) is 2.68. The average Bonchev–Trinajstić information content (AvgIpc) is 2.60. The Kier molecular flexibility index (Phi) is 3.66. The van der Waals surface area contributed by atoms with Gasteiger partial charge in [0.25, 0.3) is 0 Å². The Hall–Kier alpha value is -1.42. The molecule has 0 aromatic heterocycles. The Morgan fingerprint density at radius 1 is 1.50 bits per heavy atom. The topological polar surface area (TPSA) is 40.5 Å². The summed E-state index contributed by atoms with van der Waals surface area (Å²) in [5.41, 5.74) is 0.613. The van der Waals surface area contributed by atoms with E-state index in [1.54, 1.807) is 6.07 Å². The van der Waals surface area contributed by atoms with E-state index in [4.69, 9.17) is 5.11 Å². The monoisotopic (exact) mass is 251 g/mol. The van der Waals surface area contributed by atoms with Crippen LogP contribution in [-0.2, 0) is 6.54 Å². The molecule has 2 unspecified atom stereocenters. The van der Waals surface area contributed by atoms with E-state index in [9.17, 15) is 9.18 Å². The molecule has 1 aromatic rings. The molecule has 1 fully saturated rings. The van der Waals surface area contributed by atoms with Gasteiger partial charge in [-0.1, -0.05) is 13.0 Å². The molecular formula is C14H18FNO2. The number of rotatable bonds is 3. The lowest BCUT2D eigenvalue weighted by Gasteiger charge is -2.21. The van der Waals surface area contributed by atoms with Crippen LogP contribution in [0.15, 0.2) is 18.2 Å². The molecule has 3 nitrogen and oxygen atoms in total. The number of carbonyl (C=O) groups is 1. The van der Waals surface area contributed by atoms with E-state index in [0.29, 0.717) is 18.5 Å². The van der Waals surface area contributed by atoms with Gasteiger partial charge in [-0.15, -0.1) is 0 Å². The molecule has 1 aromatic carbocycles. The molecule has 4 heteroatoms. The van der Waals surface area contributed by atoms with Gasteiger partial charge in [-0.2, -0.15) is 0 Å². The first-order valence-corrected chi connectivity index (χ1v) is 6.23. The van der Waals surface area contributed by atoms with E-state index >= 15 is 0 Å². The minimum absolute atomic E-state index is 0.243. The van der Waals surface area contributed by atoms with Gasteiger partial charge in [-0.05, 0) is 37.0 Å². The molecule has 1 N–H and O–H groups in total. The van der Waals surface area contributed by atoms with Crippen molar-refractivity contribution in [2.75, 3.05) is 6.54 Å². The average molecular weight is 251 g/mol. The summed E-state index contributed by atoms with van der Waals surface area (Å²) in [6, 6.07) is 4.84. The van der Waals surface area contributed by atoms with Gasteiger partial charge in [0.15, 0.2) is 0 Å². The highest BCUT2D eigenvalue weighted by molar-refractivity contribution is 5.88. The van der Waals surface area contributed by atoms with Crippen molar-refractivity contribution in [3.8, 4) is 0 Å². The van der Waals surface area contributed by atoms with Gasteiger partial charge in [0, 0.05) is 19.1 Å². The molecule has 18 heavy (non-hydrogen) atoms. The predicted molar refractivity (Wildman–Crippen MR) is 67.0 cm³/mol. The first-order chi connectivity index (χ1) is 8.47. The Labute approximate surface area is 106 Å². The largest absolute Gasteiger partial charge is 0.478 e. The van der Waals surface area contributed by atoms with Crippen LogP contribution in [0, 0.1) is 11.7 Å². The molecular weight excluding hydrogens is 233 g/mol. The number of hydrogen-bond donors (Lipinski definition) is 1. The summed E-state index contributed by atoms with van der Waals surface area (Å²) in [6.45, 7) is 6.09. The lowest BCUT2D eigenvalue weighted by molar-refractivity contribution is 0.0691. The molecule has 0 bridgehead atoms. The summed E-state index contributed by atoms with van der Waals surface area (Å²) in [4.78, 5) is 13.2. The number of likely N-dealkylation sites (tertiary alicyclic amines) is 1. The number of carboxylic acid groups (broad SMARTS) is 1. The highest BCUT2D eigenvalue weighted by Crippen LogP contribution is 2.24. The molecule has 0 spiro atoms. The second-order valence-electron chi connectivity index (χ2n) is 5.24. The van der Waals surface area contributed by atoms with Gasteiger partial charge in [0.1, 0.15) is 5.82 Å². The van der Waals surface area contributed by atoms with Crippen LogP contribution in [0.25, 0.3) is 0 Å². The standard InChI is InChI=1S/C14H18FNO2/c1-9-5-10(2)16(7-9)8-11-3-4-13(15)12(6-11)14(17)18/h3-4,6,9-10H,5,7-8H2,1-2H3,(H,17,18). The summed E-state index contributed by atoms with van der Waals surface area (Å²) in [6.07, 6.45) is 1.16. The number of carboxylic acids is 1. The molecule has 1 saturated heterocycles. The lowest BCUT2D eigenvalue weighted by atomic mass is 10.1. The van der Waals surface area contributed by atoms with Crippen LogP contribution < -0.4 is 0 Å². The molecule has 0 amide bonds. The van der Waals surface area contributed by atoms with Gasteiger partial charge in [-0.25, -0.2) is 9.18 Å². The van der Waals surface area contributed by atoms with Crippen LogP contribution in [0.3, 0.4) is 0 Å². The number of hydrogen-bond acceptors (Lipinski definition) is 2. The Morgan fingerprint density at radius 3 is 2.78 bits per heavy atom. The van der Waals surface area contributed by atoms with Crippen molar-refractivity contribution in [1.82, 2.24) is 4.90 Å². The van der Waals surface area contributed by atoms with Gasteiger partial charge in [-0.3, -0.25) is 4.90 Å². The van der Waals surface area contributed by atoms with Crippen molar-refractivity contribution < 1.29 is 14.3 Å². The van der Waals surface area contributed by atoms with Crippen LogP contribution in [0.5, 0.6) is 0 Å². The highest BCUT2D eigenvalue weighted by Gasteiger charge is 2.26. The zero-order valence-corrected chi connectivity index (χ0v) is 10.7. The third-order valence-corrected chi connectivity index (χ3v) is 3.56. The van der Waals surface area contributed by atoms with Gasteiger partial charge in [0.05, 0.1) is 5.56 Å². The van der Waals surface area contributed by atoms with Crippen LogP contribution in [0.1, 0.15) is 36.2 Å². The second-order valence-corrected chi connectivity index (χ2v) is 5.24. The van der Waals surface area contributed by atoms with E-state index in [1.807, 2.05) is 0 Å². The fourth-order valence-corrected chi connectivity index (χ4v) is 2.68. The van der Waals surface area contributed by atoms with Crippen molar-refractivity contribution in [2.45, 2.75) is 32.9 Å². The highest BCUT2D eigenvalue weighted by atomic mass is 19.1. The maximum Gasteiger partial charge on any atom is 0.338 e. The van der Waals surface area contributed by atoms with Crippen molar-refractivity contribution in [2.24, 2.45) is 5.92 Å². The summed E-state index contributed by atoms with van der Waals surface area (Å²) < 4.78 is 13.3. The molecule has 0 aliphatic carbocycles. The van der Waals surface area contributed by atoms with E-state index in [0.717, 1.165) is 18.5 Å². The number of halogens is 1. The van der Waals surface area contributed by atoms with Gasteiger partial charge < -0.3 is 5.11 Å². The fraction of sp³-hybridized carbons (Fsp3) is 0.500. The molecule has 2 atom stereocenters. The van der Waals surface area contributed by atoms with E-state index < -0.39 is 11.8 Å². The maximum atomic E-state index is 13.3. The molecule has 1 aliphatic heterocycles. The lowest BCUT2D eigenvalue weighted by Crippen LogP contribution is -2.26. The van der Waals surface area contributed by atoms with E-state index in [-0.39, 0.29) is 5.56 Å². The Bertz CT molecular complexity index is 461. The number of aromatic carboxylic acids is 1. The van der Waals surface area contributed by atoms with Crippen LogP contribution in [-0.4, -0.2) is 28.6 Å². The summed E-state index contributed by atoms with van der Waals surface area (Å²) in [5, 5.41) is 8.89. The van der Waals surface area contributed by atoms with Crippen LogP contribution in [0.4, 0.5) is 4.39 Å². The molecule has 98 valence electrons. The first-order valence-electron chi connectivity index (χ1n) is 6.23. The van der Waals surface area contributed by atoms with Crippen molar-refractivity contribution in [1.29, 1.82) is 0 Å². The zero-order valence-electron chi connectivity index (χ0n) is 10.7. The Morgan fingerprint density at radius 2 is 2.22 bits per heavy atom. The van der Waals surface area contributed by atoms with Crippen molar-refractivity contribution in [3.05, 3.63) is 35.1 Å². The van der Waals surface area contributed by atoms with Crippen LogP contribution in [0.2, 0.25) is 0 Å². The van der Waals surface area contributed by atoms with Crippen molar-refractivity contribution >= 4 is 5.97 Å². The predicted octanol–water partition coefficient (Wildman–Crippen LogP) is 2.75. The number of benzene rings is 1. The smallest absolute Gasteiger partial charge is 0.338 e. The summed E-state index contributed by atoms with van der Waals surface area (Å²) in [7, 11) is 0. The third-order valence-electron chi connectivity index (χ3n) is 3.56. The van der Waals surface area contributed by atoms with Gasteiger partial charge >= 0.3 is 5.97 Å². The normalized spacial score (nSPS) is 24.4.